The third kappa shape index (κ3) is 9.75. The Morgan fingerprint density at radius 1 is 0.650 bits per heavy atom. The molecule has 0 spiro atoms. The molecule has 0 radical (unpaired) electrons. The minimum atomic E-state index is -0.705. The first kappa shape index (κ1) is 33.0. The minimum absolute atomic E-state index is 0.177. The highest BCUT2D eigenvalue weighted by atomic mass is 32.1. The van der Waals surface area contributed by atoms with Gasteiger partial charge in [0.15, 0.2) is 10.2 Å². The van der Waals surface area contributed by atoms with Crippen molar-refractivity contribution in [2.75, 3.05) is 27.2 Å². The summed E-state index contributed by atoms with van der Waals surface area (Å²) in [5, 5.41) is 13.1. The standard InChI is InChI=1S/C30H44N6O2S2/c1-29(2,3)33-25(37)23(21-15-11-9-12-16-21)35(27(39)31-7)19-20-36(28(40)32-8)24(22-17-13-10-14-18-22)26(38)34-30(4,5)6/h9-18,23-24H,19-20H2,1-8H3,(H,31,39)(H,32,40)(H,33,37)(H,34,38). The van der Waals surface area contributed by atoms with Crippen LogP contribution >= 0.6 is 24.4 Å². The maximum Gasteiger partial charge on any atom is 0.247 e. The second kappa shape index (κ2) is 14.4. The number of nitrogens with zero attached hydrogens (tertiary/aromatic N) is 2. The van der Waals surface area contributed by atoms with Gasteiger partial charge in [0, 0.05) is 38.3 Å². The lowest BCUT2D eigenvalue weighted by Gasteiger charge is -2.39. The van der Waals surface area contributed by atoms with Crippen LogP contribution in [0.5, 0.6) is 0 Å². The lowest BCUT2D eigenvalue weighted by Crippen LogP contribution is -2.55. The second-order valence-corrected chi connectivity index (χ2v) is 12.4. The van der Waals surface area contributed by atoms with Crippen LogP contribution in [-0.2, 0) is 9.59 Å². The quantitative estimate of drug-likeness (QED) is 0.330. The fourth-order valence-corrected chi connectivity index (χ4v) is 4.68. The van der Waals surface area contributed by atoms with Crippen LogP contribution in [0.1, 0.15) is 64.8 Å². The van der Waals surface area contributed by atoms with E-state index in [-0.39, 0.29) is 11.8 Å². The third-order valence-electron chi connectivity index (χ3n) is 5.88. The molecule has 4 N–H and O–H groups in total. The molecule has 0 aliphatic heterocycles. The van der Waals surface area contributed by atoms with Gasteiger partial charge in [-0.25, -0.2) is 0 Å². The molecule has 2 aromatic rings. The minimum Gasteiger partial charge on any atom is -0.366 e. The molecule has 40 heavy (non-hydrogen) atoms. The zero-order valence-electron chi connectivity index (χ0n) is 24.9. The van der Waals surface area contributed by atoms with Crippen molar-refractivity contribution >= 4 is 46.5 Å². The molecule has 2 unspecified atom stereocenters. The van der Waals surface area contributed by atoms with E-state index in [1.165, 1.54) is 0 Å². The molecule has 2 amide bonds. The van der Waals surface area contributed by atoms with Gasteiger partial charge in [-0.15, -0.1) is 0 Å². The molecule has 0 heterocycles. The molecule has 8 nitrogen and oxygen atoms in total. The van der Waals surface area contributed by atoms with Crippen LogP contribution in [0.4, 0.5) is 0 Å². The molecule has 10 heteroatoms. The average Bonchev–Trinajstić information content (AvgIpc) is 2.88. The van der Waals surface area contributed by atoms with E-state index in [4.69, 9.17) is 24.4 Å². The molecule has 0 aliphatic carbocycles. The molecule has 2 atom stereocenters. The number of hydrogen-bond acceptors (Lipinski definition) is 4. The molecule has 218 valence electrons. The molecule has 0 fully saturated rings. The number of rotatable bonds is 9. The summed E-state index contributed by atoms with van der Waals surface area (Å²) < 4.78 is 0. The van der Waals surface area contributed by atoms with Crippen LogP contribution in [0.15, 0.2) is 60.7 Å². The van der Waals surface area contributed by atoms with Gasteiger partial charge in [-0.05, 0) is 77.1 Å². The summed E-state index contributed by atoms with van der Waals surface area (Å²) >= 11 is 11.5. The molecule has 0 aromatic heterocycles. The van der Waals surface area contributed by atoms with Gasteiger partial charge in [0.05, 0.1) is 0 Å². The van der Waals surface area contributed by atoms with Crippen molar-refractivity contribution < 1.29 is 9.59 Å². The maximum absolute atomic E-state index is 13.7. The lowest BCUT2D eigenvalue weighted by atomic mass is 10.0. The number of amides is 2. The van der Waals surface area contributed by atoms with Crippen molar-refractivity contribution in [2.45, 2.75) is 64.7 Å². The normalized spacial score (nSPS) is 12.9. The Labute approximate surface area is 250 Å². The van der Waals surface area contributed by atoms with E-state index < -0.39 is 23.2 Å². The number of hydrogen-bond donors (Lipinski definition) is 4. The molecule has 0 bridgehead atoms. The van der Waals surface area contributed by atoms with Gasteiger partial charge < -0.3 is 31.1 Å². The number of carbonyl (C=O) groups excluding carboxylic acids is 2. The smallest absolute Gasteiger partial charge is 0.247 e. The topological polar surface area (TPSA) is 88.7 Å². The van der Waals surface area contributed by atoms with Crippen LogP contribution < -0.4 is 21.3 Å². The average molecular weight is 585 g/mol. The summed E-state index contributed by atoms with van der Waals surface area (Å²) in [6, 6.07) is 17.7. The van der Waals surface area contributed by atoms with Crippen molar-refractivity contribution in [3.05, 3.63) is 71.8 Å². The summed E-state index contributed by atoms with van der Waals surface area (Å²) in [6.45, 7) is 12.3. The summed E-state index contributed by atoms with van der Waals surface area (Å²) in [5.41, 5.74) is 0.713. The number of carbonyl (C=O) groups is 2. The van der Waals surface area contributed by atoms with Crippen molar-refractivity contribution in [3.8, 4) is 0 Å². The van der Waals surface area contributed by atoms with Crippen molar-refractivity contribution in [1.82, 2.24) is 31.1 Å². The Bertz CT molecular complexity index is 1050. The fourth-order valence-electron chi connectivity index (χ4n) is 4.29. The highest BCUT2D eigenvalue weighted by Gasteiger charge is 2.35. The van der Waals surface area contributed by atoms with E-state index in [2.05, 4.69) is 21.3 Å². The summed E-state index contributed by atoms with van der Waals surface area (Å²) in [4.78, 5) is 31.1. The Morgan fingerprint density at radius 3 is 1.20 bits per heavy atom. The van der Waals surface area contributed by atoms with Gasteiger partial charge in [-0.1, -0.05) is 60.7 Å². The number of thiocarbonyl (C=S) groups is 2. The zero-order valence-corrected chi connectivity index (χ0v) is 26.5. The van der Waals surface area contributed by atoms with Gasteiger partial charge in [0.2, 0.25) is 11.8 Å². The third-order valence-corrected chi connectivity index (χ3v) is 6.76. The van der Waals surface area contributed by atoms with Gasteiger partial charge in [0.1, 0.15) is 12.1 Å². The predicted octanol–water partition coefficient (Wildman–Crippen LogP) is 3.91. The zero-order chi connectivity index (χ0) is 30.1. The molecule has 2 rings (SSSR count). The van der Waals surface area contributed by atoms with Gasteiger partial charge in [-0.3, -0.25) is 9.59 Å². The van der Waals surface area contributed by atoms with Crippen LogP contribution in [0.3, 0.4) is 0 Å². The maximum atomic E-state index is 13.7. The Kier molecular flexibility index (Phi) is 11.9. The SMILES string of the molecule is CNC(=S)N(CCN(C(=S)NC)C(C(=O)NC(C)(C)C)c1ccccc1)C(C(=O)NC(C)(C)C)c1ccccc1. The highest BCUT2D eigenvalue weighted by Crippen LogP contribution is 2.26. The van der Waals surface area contributed by atoms with Crippen LogP contribution in [-0.4, -0.2) is 70.1 Å². The highest BCUT2D eigenvalue weighted by molar-refractivity contribution is 7.80. The summed E-state index contributed by atoms with van der Waals surface area (Å²) in [6.07, 6.45) is 0. The molecule has 0 saturated carbocycles. The fraction of sp³-hybridized carbons (Fsp3) is 0.467. The van der Waals surface area contributed by atoms with E-state index in [1.54, 1.807) is 14.1 Å². The van der Waals surface area contributed by atoms with E-state index >= 15 is 0 Å². The van der Waals surface area contributed by atoms with E-state index in [1.807, 2.05) is 112 Å². The van der Waals surface area contributed by atoms with Crippen LogP contribution in [0.2, 0.25) is 0 Å². The number of nitrogens with one attached hydrogen (secondary N) is 4. The Balaban J connectivity index is 2.55. The summed E-state index contributed by atoms with van der Waals surface area (Å²) in [7, 11) is 3.47. The van der Waals surface area contributed by atoms with Gasteiger partial charge in [-0.2, -0.15) is 0 Å². The molecule has 0 saturated heterocycles. The summed E-state index contributed by atoms with van der Waals surface area (Å²) in [5.74, 6) is -0.353. The van der Waals surface area contributed by atoms with E-state index in [0.717, 1.165) is 11.1 Å². The van der Waals surface area contributed by atoms with Gasteiger partial charge in [0.25, 0.3) is 0 Å². The first-order chi connectivity index (χ1) is 18.7. The predicted molar refractivity (Wildman–Crippen MR) is 171 cm³/mol. The molecular formula is C30H44N6O2S2. The second-order valence-electron chi connectivity index (χ2n) is 11.6. The van der Waals surface area contributed by atoms with E-state index in [0.29, 0.717) is 23.3 Å². The molecular weight excluding hydrogens is 541 g/mol. The van der Waals surface area contributed by atoms with Crippen molar-refractivity contribution in [3.63, 3.8) is 0 Å². The van der Waals surface area contributed by atoms with Crippen LogP contribution in [0, 0.1) is 0 Å². The molecule has 2 aromatic carbocycles. The Morgan fingerprint density at radius 2 is 0.950 bits per heavy atom. The van der Waals surface area contributed by atoms with Crippen molar-refractivity contribution in [1.29, 1.82) is 0 Å². The first-order valence-electron chi connectivity index (χ1n) is 13.4. The largest absolute Gasteiger partial charge is 0.366 e. The lowest BCUT2D eigenvalue weighted by molar-refractivity contribution is -0.128. The van der Waals surface area contributed by atoms with Gasteiger partial charge >= 0.3 is 0 Å². The monoisotopic (exact) mass is 584 g/mol. The van der Waals surface area contributed by atoms with Crippen molar-refractivity contribution in [2.24, 2.45) is 0 Å². The Hall–Kier alpha value is -3.24. The number of benzene rings is 2. The van der Waals surface area contributed by atoms with E-state index in [9.17, 15) is 9.59 Å². The molecule has 0 aliphatic rings. The van der Waals surface area contributed by atoms with Crippen LogP contribution in [0.25, 0.3) is 0 Å². The first-order valence-corrected chi connectivity index (χ1v) is 14.2.